The molecule has 10 heteroatoms. The first kappa shape index (κ1) is 21.0. The molecule has 2 aromatic heterocycles. The molecule has 0 atom stereocenters. The van der Waals surface area contributed by atoms with Gasteiger partial charge in [-0.05, 0) is 38.1 Å². The highest BCUT2D eigenvalue weighted by molar-refractivity contribution is 5.85. The van der Waals surface area contributed by atoms with E-state index in [1.165, 1.54) is 35.5 Å². The maximum atomic E-state index is 13.3. The van der Waals surface area contributed by atoms with Crippen LogP contribution in [0, 0.1) is 0 Å². The number of alkyl halides is 3. The summed E-state index contributed by atoms with van der Waals surface area (Å²) in [6.07, 6.45) is 0.274. The zero-order chi connectivity index (χ0) is 21.7. The number of ether oxygens (including phenoxy) is 2. The van der Waals surface area contributed by atoms with Gasteiger partial charge in [-0.3, -0.25) is 0 Å². The molecule has 0 amide bonds. The van der Waals surface area contributed by atoms with E-state index in [1.807, 2.05) is 0 Å². The summed E-state index contributed by atoms with van der Waals surface area (Å²) < 4.78 is 51.6. The molecule has 2 heterocycles. The Morgan fingerprint density at radius 1 is 1.17 bits per heavy atom. The highest BCUT2D eigenvalue weighted by Crippen LogP contribution is 2.36. The second-order valence-electron chi connectivity index (χ2n) is 6.36. The number of carbonyl (C=O) groups is 1. The zero-order valence-electron chi connectivity index (χ0n) is 16.0. The molecule has 0 aliphatic carbocycles. The Labute approximate surface area is 169 Å². The first-order chi connectivity index (χ1) is 14.2. The van der Waals surface area contributed by atoms with Crippen LogP contribution in [0.3, 0.4) is 0 Å². The minimum Gasteiger partial charge on any atom is -0.460 e. The molecule has 0 radical (unpaired) electrons. The lowest BCUT2D eigenvalue weighted by Crippen LogP contribution is -2.08. The average molecular weight is 418 g/mol. The summed E-state index contributed by atoms with van der Waals surface area (Å²) in [6, 6.07) is 8.00. The molecule has 1 aromatic carbocycles. The van der Waals surface area contributed by atoms with Gasteiger partial charge in [0.25, 0.3) is 0 Å². The third kappa shape index (κ3) is 5.66. The van der Waals surface area contributed by atoms with Crippen molar-refractivity contribution in [3.8, 4) is 23.0 Å². The SMILES string of the molecule is CC(C)OC(=O)/C=C/n1cnc(-c2cc(Oc3ccccn3)cc(C(F)(F)F)c2)n1. The number of hydrogen-bond donors (Lipinski definition) is 0. The number of hydrogen-bond acceptors (Lipinski definition) is 6. The number of benzene rings is 1. The van der Waals surface area contributed by atoms with Crippen molar-refractivity contribution in [3.63, 3.8) is 0 Å². The molecule has 0 spiro atoms. The average Bonchev–Trinajstić information content (AvgIpc) is 3.15. The lowest BCUT2D eigenvalue weighted by atomic mass is 10.1. The highest BCUT2D eigenvalue weighted by Gasteiger charge is 2.32. The van der Waals surface area contributed by atoms with Crippen molar-refractivity contribution in [1.82, 2.24) is 19.7 Å². The van der Waals surface area contributed by atoms with Gasteiger partial charge < -0.3 is 9.47 Å². The quantitative estimate of drug-likeness (QED) is 0.431. The van der Waals surface area contributed by atoms with E-state index < -0.39 is 17.7 Å². The fourth-order valence-electron chi connectivity index (χ4n) is 2.37. The van der Waals surface area contributed by atoms with Crippen molar-refractivity contribution >= 4 is 12.2 Å². The maximum Gasteiger partial charge on any atom is 0.416 e. The maximum absolute atomic E-state index is 13.3. The van der Waals surface area contributed by atoms with E-state index in [4.69, 9.17) is 9.47 Å². The Balaban J connectivity index is 1.89. The summed E-state index contributed by atoms with van der Waals surface area (Å²) in [7, 11) is 0. The molecule has 0 bridgehead atoms. The molecule has 0 aliphatic rings. The van der Waals surface area contributed by atoms with Crippen molar-refractivity contribution in [1.29, 1.82) is 0 Å². The van der Waals surface area contributed by atoms with Crippen LogP contribution in [0.1, 0.15) is 19.4 Å². The molecule has 3 rings (SSSR count). The molecule has 3 aromatic rings. The highest BCUT2D eigenvalue weighted by atomic mass is 19.4. The molecule has 0 N–H and O–H groups in total. The van der Waals surface area contributed by atoms with Crippen LogP contribution >= 0.6 is 0 Å². The van der Waals surface area contributed by atoms with E-state index in [1.54, 1.807) is 26.0 Å². The molecular formula is C20H17F3N4O3. The van der Waals surface area contributed by atoms with Crippen LogP contribution in [0.2, 0.25) is 0 Å². The van der Waals surface area contributed by atoms with E-state index in [2.05, 4.69) is 15.1 Å². The summed E-state index contributed by atoms with van der Waals surface area (Å²) in [5, 5.41) is 4.08. The molecule has 0 saturated carbocycles. The Hall–Kier alpha value is -3.69. The van der Waals surface area contributed by atoms with Gasteiger partial charge in [-0.1, -0.05) is 6.07 Å². The summed E-state index contributed by atoms with van der Waals surface area (Å²) in [5.74, 6) is -0.472. The van der Waals surface area contributed by atoms with Gasteiger partial charge in [-0.2, -0.15) is 13.2 Å². The molecule has 0 fully saturated rings. The molecule has 0 unspecified atom stereocenters. The van der Waals surface area contributed by atoms with Crippen LogP contribution < -0.4 is 4.74 Å². The fraction of sp³-hybridized carbons (Fsp3) is 0.200. The predicted octanol–water partition coefficient (Wildman–Crippen LogP) is 4.57. The summed E-state index contributed by atoms with van der Waals surface area (Å²) >= 11 is 0. The van der Waals surface area contributed by atoms with Crippen LogP contribution in [0.4, 0.5) is 13.2 Å². The van der Waals surface area contributed by atoms with E-state index >= 15 is 0 Å². The standard InChI is InChI=1S/C20H17F3N4O3/c1-13(2)29-18(28)6-8-27-12-25-19(26-27)14-9-15(20(21,22)23)11-16(10-14)30-17-5-3-4-7-24-17/h3-13H,1-2H3/b8-6+. The van der Waals surface area contributed by atoms with Crippen LogP contribution in [-0.4, -0.2) is 31.8 Å². The number of nitrogens with zero attached hydrogens (tertiary/aromatic N) is 4. The van der Waals surface area contributed by atoms with Crippen molar-refractivity contribution in [3.05, 3.63) is 60.6 Å². The molecule has 7 nitrogen and oxygen atoms in total. The minimum atomic E-state index is -4.60. The van der Waals surface area contributed by atoms with Crippen LogP contribution in [-0.2, 0) is 15.7 Å². The molecule has 0 aliphatic heterocycles. The number of rotatable bonds is 6. The topological polar surface area (TPSA) is 79.1 Å². The molecule has 0 saturated heterocycles. The Bertz CT molecular complexity index is 1050. The van der Waals surface area contributed by atoms with E-state index in [-0.39, 0.29) is 29.1 Å². The zero-order valence-corrected chi connectivity index (χ0v) is 16.0. The Kier molecular flexibility index (Phi) is 6.14. The number of pyridine rings is 1. The predicted molar refractivity (Wildman–Crippen MR) is 101 cm³/mol. The minimum absolute atomic E-state index is 0.0221. The molecule has 30 heavy (non-hydrogen) atoms. The van der Waals surface area contributed by atoms with Crippen molar-refractivity contribution in [2.75, 3.05) is 0 Å². The van der Waals surface area contributed by atoms with Gasteiger partial charge in [0.15, 0.2) is 5.82 Å². The number of halogens is 3. The normalized spacial score (nSPS) is 11.8. The summed E-state index contributed by atoms with van der Waals surface area (Å²) in [4.78, 5) is 19.5. The van der Waals surface area contributed by atoms with Crippen molar-refractivity contribution in [2.24, 2.45) is 0 Å². The third-order valence-electron chi connectivity index (χ3n) is 3.58. The van der Waals surface area contributed by atoms with Gasteiger partial charge in [0.2, 0.25) is 5.88 Å². The number of esters is 1. The third-order valence-corrected chi connectivity index (χ3v) is 3.58. The first-order valence-electron chi connectivity index (χ1n) is 8.82. The summed E-state index contributed by atoms with van der Waals surface area (Å²) in [5.41, 5.74) is -0.828. The monoisotopic (exact) mass is 418 g/mol. The molecule has 156 valence electrons. The Morgan fingerprint density at radius 2 is 1.97 bits per heavy atom. The lowest BCUT2D eigenvalue weighted by Gasteiger charge is -2.11. The van der Waals surface area contributed by atoms with Gasteiger partial charge in [0.05, 0.1) is 11.7 Å². The second kappa shape index (κ2) is 8.76. The van der Waals surface area contributed by atoms with Gasteiger partial charge in [0.1, 0.15) is 12.1 Å². The van der Waals surface area contributed by atoms with E-state index in [0.29, 0.717) is 0 Å². The summed E-state index contributed by atoms with van der Waals surface area (Å²) in [6.45, 7) is 3.41. The van der Waals surface area contributed by atoms with Gasteiger partial charge in [-0.15, -0.1) is 5.10 Å². The van der Waals surface area contributed by atoms with Gasteiger partial charge >= 0.3 is 12.1 Å². The van der Waals surface area contributed by atoms with Crippen molar-refractivity contribution < 1.29 is 27.4 Å². The van der Waals surface area contributed by atoms with Crippen molar-refractivity contribution in [2.45, 2.75) is 26.1 Å². The largest absolute Gasteiger partial charge is 0.460 e. The Morgan fingerprint density at radius 3 is 2.63 bits per heavy atom. The number of aromatic nitrogens is 4. The van der Waals surface area contributed by atoms with Crippen LogP contribution in [0.5, 0.6) is 11.6 Å². The van der Waals surface area contributed by atoms with E-state index in [0.717, 1.165) is 18.2 Å². The molecular weight excluding hydrogens is 401 g/mol. The lowest BCUT2D eigenvalue weighted by molar-refractivity contribution is -0.141. The van der Waals surface area contributed by atoms with Gasteiger partial charge in [-0.25, -0.2) is 19.4 Å². The first-order valence-corrected chi connectivity index (χ1v) is 8.82. The van der Waals surface area contributed by atoms with Crippen LogP contribution in [0.15, 0.2) is 55.0 Å². The van der Waals surface area contributed by atoms with Gasteiger partial charge in [0, 0.05) is 30.1 Å². The fourth-order valence-corrected chi connectivity index (χ4v) is 2.37. The number of carbonyl (C=O) groups excluding carboxylic acids is 1. The second-order valence-corrected chi connectivity index (χ2v) is 6.36. The smallest absolute Gasteiger partial charge is 0.416 e. The van der Waals surface area contributed by atoms with E-state index in [9.17, 15) is 18.0 Å². The van der Waals surface area contributed by atoms with Crippen LogP contribution in [0.25, 0.3) is 17.6 Å².